The summed E-state index contributed by atoms with van der Waals surface area (Å²) in [5.41, 5.74) is 0.779. The van der Waals surface area contributed by atoms with Crippen molar-refractivity contribution in [1.29, 1.82) is 0 Å². The van der Waals surface area contributed by atoms with Gasteiger partial charge in [-0.25, -0.2) is 0 Å². The molecule has 2 atom stereocenters. The lowest BCUT2D eigenvalue weighted by Crippen LogP contribution is -2.11. The maximum atomic E-state index is 12.3. The molecule has 0 spiro atoms. The van der Waals surface area contributed by atoms with Crippen LogP contribution in [0.5, 0.6) is 0 Å². The lowest BCUT2D eigenvalue weighted by molar-refractivity contribution is 0.0954. The van der Waals surface area contributed by atoms with Crippen LogP contribution in [0.3, 0.4) is 0 Å². The predicted molar refractivity (Wildman–Crippen MR) is 69.7 cm³/mol. The first-order valence-electron chi connectivity index (χ1n) is 6.51. The Morgan fingerprint density at radius 3 is 2.61 bits per heavy atom. The summed E-state index contributed by atoms with van der Waals surface area (Å²) in [6.07, 6.45) is 2.50. The van der Waals surface area contributed by atoms with E-state index in [1.165, 1.54) is 18.2 Å². The molecule has 90 valence electrons. The molecular weight excluding hydrogens is 224 g/mol. The van der Waals surface area contributed by atoms with E-state index in [-0.39, 0.29) is 18.0 Å². The second kappa shape index (κ2) is 3.66. The number of carbonyl (C=O) groups excluding carboxylic acids is 1. The van der Waals surface area contributed by atoms with Crippen LogP contribution < -0.4 is 0 Å². The molecule has 2 nitrogen and oxygen atoms in total. The highest BCUT2D eigenvalue weighted by Crippen LogP contribution is 2.45. The van der Waals surface area contributed by atoms with Gasteiger partial charge in [0.05, 0.1) is 6.10 Å². The van der Waals surface area contributed by atoms with Gasteiger partial charge in [-0.1, -0.05) is 36.4 Å². The molecular formula is C16H14O2. The van der Waals surface area contributed by atoms with Crippen LogP contribution in [0.25, 0.3) is 10.8 Å². The molecule has 2 aliphatic rings. The van der Waals surface area contributed by atoms with E-state index >= 15 is 0 Å². The average Bonchev–Trinajstić information content (AvgIpc) is 3.28. The molecule has 2 heteroatoms. The number of hydrogen-bond donors (Lipinski definition) is 0. The summed E-state index contributed by atoms with van der Waals surface area (Å²) in [6.45, 7) is 0. The molecule has 1 aliphatic heterocycles. The molecule has 1 heterocycles. The number of benzene rings is 2. The Bertz CT molecular complexity index is 628. The van der Waals surface area contributed by atoms with Gasteiger partial charge in [-0.2, -0.15) is 0 Å². The van der Waals surface area contributed by atoms with Crippen molar-refractivity contribution >= 4 is 16.6 Å². The van der Waals surface area contributed by atoms with E-state index < -0.39 is 0 Å². The van der Waals surface area contributed by atoms with E-state index in [9.17, 15) is 4.79 Å². The first-order valence-corrected chi connectivity index (χ1v) is 6.51. The van der Waals surface area contributed by atoms with Gasteiger partial charge in [0.15, 0.2) is 5.78 Å². The van der Waals surface area contributed by atoms with Gasteiger partial charge in [-0.15, -0.1) is 0 Å². The highest BCUT2D eigenvalue weighted by atomic mass is 16.6. The topological polar surface area (TPSA) is 29.6 Å². The third kappa shape index (κ3) is 1.65. The second-order valence-electron chi connectivity index (χ2n) is 5.28. The predicted octanol–water partition coefficient (Wildman–Crippen LogP) is 3.20. The van der Waals surface area contributed by atoms with Crippen molar-refractivity contribution in [3.05, 3.63) is 48.0 Å². The molecule has 2 fully saturated rings. The van der Waals surface area contributed by atoms with Gasteiger partial charge in [-0.3, -0.25) is 4.79 Å². The zero-order valence-electron chi connectivity index (χ0n) is 10.0. The maximum absolute atomic E-state index is 12.3. The molecule has 0 amide bonds. The molecule has 0 bridgehead atoms. The number of ether oxygens (including phenoxy) is 1. The third-order valence-electron chi connectivity index (χ3n) is 3.90. The van der Waals surface area contributed by atoms with E-state index in [2.05, 4.69) is 6.07 Å². The molecule has 0 unspecified atom stereocenters. The molecule has 0 aromatic heterocycles. The molecule has 18 heavy (non-hydrogen) atoms. The highest BCUT2D eigenvalue weighted by molar-refractivity contribution is 6.04. The van der Waals surface area contributed by atoms with Gasteiger partial charge >= 0.3 is 0 Å². The minimum absolute atomic E-state index is 0.151. The number of ketones is 1. The number of fused-ring (bicyclic) bond motifs is 1. The van der Waals surface area contributed by atoms with Crippen molar-refractivity contribution < 1.29 is 9.53 Å². The van der Waals surface area contributed by atoms with Gasteiger partial charge in [0.2, 0.25) is 0 Å². The molecule has 1 aliphatic carbocycles. The molecule has 2 aromatic carbocycles. The van der Waals surface area contributed by atoms with Gasteiger partial charge < -0.3 is 4.74 Å². The largest absolute Gasteiger partial charge is 0.361 e. The van der Waals surface area contributed by atoms with Crippen LogP contribution in [0.2, 0.25) is 0 Å². The monoisotopic (exact) mass is 238 g/mol. The summed E-state index contributed by atoms with van der Waals surface area (Å²) in [4.78, 5) is 12.3. The summed E-state index contributed by atoms with van der Waals surface area (Å²) in [5, 5.41) is 2.29. The Labute approximate surface area is 106 Å². The Kier molecular flexibility index (Phi) is 2.09. The minimum Gasteiger partial charge on any atom is -0.361 e. The van der Waals surface area contributed by atoms with Crippen LogP contribution in [0.1, 0.15) is 23.2 Å². The molecule has 1 saturated heterocycles. The van der Waals surface area contributed by atoms with Crippen LogP contribution in [-0.2, 0) is 4.74 Å². The van der Waals surface area contributed by atoms with Crippen molar-refractivity contribution in [3.8, 4) is 0 Å². The van der Waals surface area contributed by atoms with E-state index in [0.29, 0.717) is 5.92 Å². The molecule has 4 rings (SSSR count). The Morgan fingerprint density at radius 1 is 1.06 bits per heavy atom. The van der Waals surface area contributed by atoms with Gasteiger partial charge in [-0.05, 0) is 35.6 Å². The quantitative estimate of drug-likeness (QED) is 0.607. The summed E-state index contributed by atoms with van der Waals surface area (Å²) in [6, 6.07) is 14.0. The Balaban J connectivity index is 1.64. The van der Waals surface area contributed by atoms with E-state index in [4.69, 9.17) is 4.74 Å². The fourth-order valence-corrected chi connectivity index (χ4v) is 2.62. The highest BCUT2D eigenvalue weighted by Gasteiger charge is 2.53. The van der Waals surface area contributed by atoms with E-state index in [1.807, 2.05) is 36.4 Å². The Morgan fingerprint density at radius 2 is 1.83 bits per heavy atom. The van der Waals surface area contributed by atoms with Gasteiger partial charge in [0, 0.05) is 5.56 Å². The average molecular weight is 238 g/mol. The summed E-state index contributed by atoms with van der Waals surface area (Å²) < 4.78 is 5.52. The van der Waals surface area contributed by atoms with Gasteiger partial charge in [0.1, 0.15) is 6.10 Å². The molecule has 0 N–H and O–H groups in total. The van der Waals surface area contributed by atoms with Crippen molar-refractivity contribution in [3.63, 3.8) is 0 Å². The second-order valence-corrected chi connectivity index (χ2v) is 5.28. The van der Waals surface area contributed by atoms with Crippen LogP contribution >= 0.6 is 0 Å². The molecule has 1 saturated carbocycles. The molecule has 0 radical (unpaired) electrons. The first-order chi connectivity index (χ1) is 8.83. The zero-order chi connectivity index (χ0) is 12.1. The summed E-state index contributed by atoms with van der Waals surface area (Å²) >= 11 is 0. The van der Waals surface area contributed by atoms with Crippen molar-refractivity contribution in [2.24, 2.45) is 5.92 Å². The zero-order valence-corrected chi connectivity index (χ0v) is 10.0. The maximum Gasteiger partial charge on any atom is 0.194 e. The van der Waals surface area contributed by atoms with Crippen LogP contribution in [-0.4, -0.2) is 18.0 Å². The number of epoxide rings is 1. The minimum atomic E-state index is -0.168. The lowest BCUT2D eigenvalue weighted by Gasteiger charge is -2.01. The van der Waals surface area contributed by atoms with Crippen LogP contribution in [0.15, 0.2) is 42.5 Å². The number of rotatable bonds is 3. The fraction of sp³-hybridized carbons (Fsp3) is 0.312. The van der Waals surface area contributed by atoms with Crippen molar-refractivity contribution in [2.45, 2.75) is 25.0 Å². The van der Waals surface area contributed by atoms with E-state index in [1.54, 1.807) is 0 Å². The van der Waals surface area contributed by atoms with Crippen LogP contribution in [0, 0.1) is 5.92 Å². The lowest BCUT2D eigenvalue weighted by atomic mass is 10.0. The Hall–Kier alpha value is -1.67. The number of hydrogen-bond acceptors (Lipinski definition) is 2. The van der Waals surface area contributed by atoms with E-state index in [0.717, 1.165) is 10.9 Å². The van der Waals surface area contributed by atoms with Gasteiger partial charge in [0.25, 0.3) is 0 Å². The third-order valence-corrected chi connectivity index (χ3v) is 3.90. The normalized spacial score (nSPS) is 26.2. The SMILES string of the molecule is O=C(c1ccc2ccccc2c1)[C@H]1O[C@@H]1C1CC1. The standard InChI is InChI=1S/C16H14O2/c17-14(16-15(18-16)11-6-7-11)13-8-5-10-3-1-2-4-12(10)9-13/h1-5,8-9,11,15-16H,6-7H2/t15-,16-/m1/s1. The fourth-order valence-electron chi connectivity index (χ4n) is 2.62. The van der Waals surface area contributed by atoms with Crippen molar-refractivity contribution in [1.82, 2.24) is 0 Å². The first kappa shape index (κ1) is 10.3. The summed E-state index contributed by atoms with van der Waals surface area (Å²) in [7, 11) is 0. The molecule has 2 aromatic rings. The summed E-state index contributed by atoms with van der Waals surface area (Å²) in [5.74, 6) is 0.803. The van der Waals surface area contributed by atoms with Crippen LogP contribution in [0.4, 0.5) is 0 Å². The number of Topliss-reactive ketones (excluding diaryl/α,β-unsaturated/α-hetero) is 1. The van der Waals surface area contributed by atoms with Crippen molar-refractivity contribution in [2.75, 3.05) is 0 Å². The number of carbonyl (C=O) groups is 1. The smallest absolute Gasteiger partial charge is 0.194 e.